The van der Waals surface area contributed by atoms with Crippen LogP contribution in [0.3, 0.4) is 0 Å². The number of halogens is 1. The number of esters is 1. The summed E-state index contributed by atoms with van der Waals surface area (Å²) in [6, 6.07) is 14.6. The predicted molar refractivity (Wildman–Crippen MR) is 84.2 cm³/mol. The summed E-state index contributed by atoms with van der Waals surface area (Å²) in [7, 11) is 1.29. The molecule has 22 heavy (non-hydrogen) atoms. The Morgan fingerprint density at radius 1 is 1.27 bits per heavy atom. The van der Waals surface area contributed by atoms with Crippen molar-refractivity contribution in [1.29, 1.82) is 0 Å². The molecule has 0 spiro atoms. The zero-order valence-corrected chi connectivity index (χ0v) is 12.7. The smallest absolute Gasteiger partial charge is 0.340 e. The van der Waals surface area contributed by atoms with Crippen LogP contribution in [0.5, 0.6) is 5.75 Å². The van der Waals surface area contributed by atoms with Crippen molar-refractivity contribution in [2.24, 2.45) is 5.84 Å². The molecule has 3 N–H and O–H groups in total. The highest BCUT2D eigenvalue weighted by Gasteiger charge is 2.17. The molecule has 0 saturated carbocycles. The van der Waals surface area contributed by atoms with Crippen LogP contribution in [0.25, 0.3) is 0 Å². The van der Waals surface area contributed by atoms with Gasteiger partial charge < -0.3 is 9.47 Å². The first-order valence-electron chi connectivity index (χ1n) is 6.47. The number of hydrazine groups is 2. The molecule has 6 nitrogen and oxygen atoms in total. The zero-order chi connectivity index (χ0) is 15.9. The number of nitrogens with two attached hydrogens (primary N) is 1. The second kappa shape index (κ2) is 7.65. The third-order valence-electron chi connectivity index (χ3n) is 2.95. The molecular formula is C15H16ClN3O3. The van der Waals surface area contributed by atoms with Gasteiger partial charge in [0.05, 0.1) is 18.4 Å². The van der Waals surface area contributed by atoms with Crippen molar-refractivity contribution in [3.05, 3.63) is 59.7 Å². The Kier molecular flexibility index (Phi) is 5.60. The van der Waals surface area contributed by atoms with Gasteiger partial charge in [-0.3, -0.25) is 5.84 Å². The SMILES string of the molecule is COC(=O)c1cc(OCc2ccccc2)ccc1N(Cl)NN. The van der Waals surface area contributed by atoms with Crippen LogP contribution in [0.15, 0.2) is 48.5 Å². The monoisotopic (exact) mass is 321 g/mol. The Morgan fingerprint density at radius 2 is 2.00 bits per heavy atom. The van der Waals surface area contributed by atoms with Crippen molar-refractivity contribution in [2.45, 2.75) is 6.61 Å². The van der Waals surface area contributed by atoms with E-state index in [9.17, 15) is 4.79 Å². The number of rotatable bonds is 6. The normalized spacial score (nSPS) is 10.1. The van der Waals surface area contributed by atoms with Gasteiger partial charge in [-0.2, -0.15) is 5.53 Å². The first-order valence-corrected chi connectivity index (χ1v) is 6.80. The molecule has 2 aromatic carbocycles. The molecule has 2 aromatic rings. The van der Waals surface area contributed by atoms with Crippen molar-refractivity contribution in [3.8, 4) is 5.75 Å². The molecule has 0 unspecified atom stereocenters. The van der Waals surface area contributed by atoms with Crippen molar-refractivity contribution >= 4 is 23.4 Å². The summed E-state index contributed by atoms with van der Waals surface area (Å²) in [5.74, 6) is 5.23. The van der Waals surface area contributed by atoms with Crippen LogP contribution in [0.1, 0.15) is 15.9 Å². The summed E-state index contributed by atoms with van der Waals surface area (Å²) >= 11 is 5.87. The van der Waals surface area contributed by atoms with Crippen molar-refractivity contribution in [3.63, 3.8) is 0 Å². The van der Waals surface area contributed by atoms with Gasteiger partial charge in [-0.05, 0) is 23.8 Å². The quantitative estimate of drug-likeness (QED) is 0.368. The molecular weight excluding hydrogens is 306 g/mol. The first-order chi connectivity index (χ1) is 10.7. The maximum absolute atomic E-state index is 11.8. The number of carbonyl (C=O) groups excluding carboxylic acids is 1. The van der Waals surface area contributed by atoms with Crippen LogP contribution in [0.2, 0.25) is 0 Å². The number of nitrogens with zero attached hydrogens (tertiary/aromatic N) is 1. The number of hydrogen-bond acceptors (Lipinski definition) is 6. The van der Waals surface area contributed by atoms with Gasteiger partial charge in [0.2, 0.25) is 0 Å². The van der Waals surface area contributed by atoms with Crippen molar-refractivity contribution < 1.29 is 14.3 Å². The zero-order valence-electron chi connectivity index (χ0n) is 12.0. The molecule has 0 aliphatic heterocycles. The van der Waals surface area contributed by atoms with Gasteiger partial charge in [-0.15, -0.1) is 0 Å². The minimum absolute atomic E-state index is 0.237. The molecule has 0 aliphatic carbocycles. The minimum Gasteiger partial charge on any atom is -0.489 e. The van der Waals surface area contributed by atoms with Crippen LogP contribution in [-0.2, 0) is 11.3 Å². The lowest BCUT2D eigenvalue weighted by atomic mass is 10.1. The maximum Gasteiger partial charge on any atom is 0.340 e. The van der Waals surface area contributed by atoms with E-state index < -0.39 is 5.97 Å². The van der Waals surface area contributed by atoms with Crippen LogP contribution in [0.4, 0.5) is 5.69 Å². The number of benzene rings is 2. The molecule has 0 fully saturated rings. The Balaban J connectivity index is 2.21. The maximum atomic E-state index is 11.8. The van der Waals surface area contributed by atoms with Gasteiger partial charge in [0.1, 0.15) is 12.4 Å². The van der Waals surface area contributed by atoms with E-state index in [1.807, 2.05) is 30.3 Å². The molecule has 0 radical (unpaired) electrons. The first kappa shape index (κ1) is 16.1. The Labute approximate surface area is 133 Å². The number of carbonyl (C=O) groups is 1. The highest BCUT2D eigenvalue weighted by atomic mass is 35.5. The van der Waals surface area contributed by atoms with Gasteiger partial charge in [0.15, 0.2) is 0 Å². The minimum atomic E-state index is -0.541. The average Bonchev–Trinajstić information content (AvgIpc) is 2.59. The van der Waals surface area contributed by atoms with E-state index in [2.05, 4.69) is 5.53 Å². The van der Waals surface area contributed by atoms with Crippen LogP contribution >= 0.6 is 11.8 Å². The molecule has 0 bridgehead atoms. The molecule has 7 heteroatoms. The fourth-order valence-electron chi connectivity index (χ4n) is 1.86. The third-order valence-corrected chi connectivity index (χ3v) is 3.23. The van der Waals surface area contributed by atoms with Crippen LogP contribution in [0, 0.1) is 0 Å². The standard InChI is InChI=1S/C15H16ClN3O3/c1-21-15(20)13-9-12(7-8-14(13)19(16)18-17)22-10-11-5-3-2-4-6-11/h2-9,18H,10,17H2,1H3. The van der Waals surface area contributed by atoms with Crippen LogP contribution in [-0.4, -0.2) is 13.1 Å². The lowest BCUT2D eigenvalue weighted by molar-refractivity contribution is 0.0601. The molecule has 0 atom stereocenters. The lowest BCUT2D eigenvalue weighted by Crippen LogP contribution is -2.36. The van der Waals surface area contributed by atoms with E-state index in [4.69, 9.17) is 27.1 Å². The Bertz CT molecular complexity index is 637. The summed E-state index contributed by atoms with van der Waals surface area (Å²) in [4.78, 5) is 11.8. The number of anilines is 1. The molecule has 116 valence electrons. The number of hydrogen-bond donors (Lipinski definition) is 2. The van der Waals surface area contributed by atoms with E-state index in [0.717, 1.165) is 10.1 Å². The predicted octanol–water partition coefficient (Wildman–Crippen LogP) is 2.39. The molecule has 0 aliphatic rings. The molecule has 0 heterocycles. The fourth-order valence-corrected chi connectivity index (χ4v) is 2.01. The summed E-state index contributed by atoms with van der Waals surface area (Å²) in [5, 5.41) is 0. The van der Waals surface area contributed by atoms with Gasteiger partial charge in [0.25, 0.3) is 0 Å². The van der Waals surface area contributed by atoms with E-state index in [1.54, 1.807) is 18.2 Å². The summed E-state index contributed by atoms with van der Waals surface area (Å²) in [6.45, 7) is 0.389. The lowest BCUT2D eigenvalue weighted by Gasteiger charge is -2.17. The third kappa shape index (κ3) is 3.88. The molecule has 2 rings (SSSR count). The second-order valence-electron chi connectivity index (χ2n) is 4.35. The van der Waals surface area contributed by atoms with Gasteiger partial charge >= 0.3 is 5.97 Å². The van der Waals surface area contributed by atoms with Gasteiger partial charge in [0, 0.05) is 11.8 Å². The molecule has 0 amide bonds. The van der Waals surface area contributed by atoms with E-state index in [-0.39, 0.29) is 5.56 Å². The van der Waals surface area contributed by atoms with Crippen LogP contribution < -0.4 is 20.6 Å². The number of nitrogens with one attached hydrogen (secondary N) is 1. The summed E-state index contributed by atoms with van der Waals surface area (Å²) < 4.78 is 11.4. The Morgan fingerprint density at radius 3 is 2.64 bits per heavy atom. The number of ether oxygens (including phenoxy) is 2. The highest BCUT2D eigenvalue weighted by molar-refractivity contribution is 6.26. The van der Waals surface area contributed by atoms with E-state index in [1.165, 1.54) is 7.11 Å². The fraction of sp³-hybridized carbons (Fsp3) is 0.133. The molecule has 0 aromatic heterocycles. The van der Waals surface area contributed by atoms with E-state index >= 15 is 0 Å². The average molecular weight is 322 g/mol. The molecule has 0 saturated heterocycles. The summed E-state index contributed by atoms with van der Waals surface area (Å²) in [5.41, 5.74) is 3.85. The largest absolute Gasteiger partial charge is 0.489 e. The highest BCUT2D eigenvalue weighted by Crippen LogP contribution is 2.26. The van der Waals surface area contributed by atoms with E-state index in [0.29, 0.717) is 18.0 Å². The summed E-state index contributed by atoms with van der Waals surface area (Å²) in [6.07, 6.45) is 0. The topological polar surface area (TPSA) is 76.8 Å². The second-order valence-corrected chi connectivity index (χ2v) is 4.69. The van der Waals surface area contributed by atoms with Crippen molar-refractivity contribution in [2.75, 3.05) is 11.6 Å². The van der Waals surface area contributed by atoms with Gasteiger partial charge in [-0.25, -0.2) is 9.32 Å². The van der Waals surface area contributed by atoms with Gasteiger partial charge in [-0.1, -0.05) is 30.3 Å². The van der Waals surface area contributed by atoms with Crippen molar-refractivity contribution in [1.82, 2.24) is 5.53 Å². The number of methoxy groups -OCH3 is 1. The Hall–Kier alpha value is -2.28.